The zero-order chi connectivity index (χ0) is 11.4. The molecule has 1 aliphatic rings. The molecular formula is C9H22N2O3. The molecule has 1 aliphatic heterocycles. The van der Waals surface area contributed by atoms with E-state index in [1.165, 1.54) is 0 Å². The highest BCUT2D eigenvalue weighted by Crippen LogP contribution is 2.27. The lowest BCUT2D eigenvalue weighted by Gasteiger charge is -2.44. The maximum atomic E-state index is 10.1. The smallest absolute Gasteiger partial charge is 0.0821 e. The van der Waals surface area contributed by atoms with Crippen LogP contribution in [-0.2, 0) is 4.74 Å². The molecule has 86 valence electrons. The normalized spacial score (nSPS) is 37.7. The molecule has 14 heavy (non-hydrogen) atoms. The van der Waals surface area contributed by atoms with Gasteiger partial charge >= 0.3 is 0 Å². The van der Waals surface area contributed by atoms with E-state index in [2.05, 4.69) is 5.90 Å². The van der Waals surface area contributed by atoms with Gasteiger partial charge in [0.15, 0.2) is 0 Å². The molecule has 0 spiro atoms. The van der Waals surface area contributed by atoms with Gasteiger partial charge in [0.25, 0.3) is 0 Å². The molecule has 0 radical (unpaired) electrons. The zero-order valence-electron chi connectivity index (χ0n) is 9.40. The summed E-state index contributed by atoms with van der Waals surface area (Å²) in [7, 11) is 3.95. The number of nitrogens with zero attached hydrogens (tertiary/aromatic N) is 1. The van der Waals surface area contributed by atoms with Crippen molar-refractivity contribution >= 4 is 0 Å². The van der Waals surface area contributed by atoms with Crippen molar-refractivity contribution in [3.05, 3.63) is 0 Å². The molecule has 0 bridgehead atoms. The molecule has 0 aliphatic carbocycles. The van der Waals surface area contributed by atoms with Crippen molar-refractivity contribution in [1.29, 1.82) is 0 Å². The summed E-state index contributed by atoms with van der Waals surface area (Å²) in [5.74, 6) is 3.50. The zero-order valence-corrected chi connectivity index (χ0v) is 9.40. The first kappa shape index (κ1) is 13.8. The Bertz CT molecular complexity index is 162. The van der Waals surface area contributed by atoms with Gasteiger partial charge in [0.2, 0.25) is 0 Å². The summed E-state index contributed by atoms with van der Waals surface area (Å²) in [4.78, 5) is 2.03. The standard InChI is InChI=1S/C9H19NO2.H3NO/c1-7-8(10(3)4)9(2,11)5-6-12-7;1-2/h7-8,11H,5-6H2,1-4H3;2H,1H2/t7?,8?,9-;/m0./s1. The van der Waals surface area contributed by atoms with E-state index in [4.69, 9.17) is 9.94 Å². The van der Waals surface area contributed by atoms with Crippen LogP contribution in [0.25, 0.3) is 0 Å². The van der Waals surface area contributed by atoms with Crippen LogP contribution in [-0.4, -0.2) is 53.7 Å². The molecule has 0 saturated carbocycles. The fourth-order valence-corrected chi connectivity index (χ4v) is 2.17. The Hall–Kier alpha value is -0.200. The number of ether oxygens (including phenoxy) is 1. The van der Waals surface area contributed by atoms with Crippen molar-refractivity contribution in [1.82, 2.24) is 4.90 Å². The fourth-order valence-electron chi connectivity index (χ4n) is 2.17. The van der Waals surface area contributed by atoms with Gasteiger partial charge in [-0.3, -0.25) is 0 Å². The summed E-state index contributed by atoms with van der Waals surface area (Å²) >= 11 is 0. The number of nitrogens with two attached hydrogens (primary N) is 1. The lowest BCUT2D eigenvalue weighted by molar-refractivity contribution is -0.142. The topological polar surface area (TPSA) is 79.0 Å². The van der Waals surface area contributed by atoms with Crippen LogP contribution in [0.5, 0.6) is 0 Å². The lowest BCUT2D eigenvalue weighted by Crippen LogP contribution is -2.58. The van der Waals surface area contributed by atoms with Gasteiger partial charge in [-0.2, -0.15) is 0 Å². The second-order valence-corrected chi connectivity index (χ2v) is 4.09. The van der Waals surface area contributed by atoms with E-state index < -0.39 is 5.60 Å². The van der Waals surface area contributed by atoms with Crippen LogP contribution >= 0.6 is 0 Å². The predicted molar refractivity (Wildman–Crippen MR) is 54.1 cm³/mol. The Morgan fingerprint density at radius 1 is 1.43 bits per heavy atom. The van der Waals surface area contributed by atoms with Gasteiger partial charge in [0.1, 0.15) is 0 Å². The van der Waals surface area contributed by atoms with Crippen molar-refractivity contribution in [2.24, 2.45) is 5.90 Å². The molecule has 5 heteroatoms. The number of hydrogen-bond acceptors (Lipinski definition) is 5. The summed E-state index contributed by atoms with van der Waals surface area (Å²) in [6, 6.07) is 0.103. The quantitative estimate of drug-likeness (QED) is 0.518. The monoisotopic (exact) mass is 206 g/mol. The van der Waals surface area contributed by atoms with Gasteiger partial charge < -0.3 is 20.0 Å². The second-order valence-electron chi connectivity index (χ2n) is 4.09. The molecule has 0 aromatic heterocycles. The molecular weight excluding hydrogens is 184 g/mol. The molecule has 0 aromatic carbocycles. The van der Waals surface area contributed by atoms with Crippen molar-refractivity contribution in [2.75, 3.05) is 20.7 Å². The molecule has 1 rings (SSSR count). The summed E-state index contributed by atoms with van der Waals surface area (Å²) in [6.07, 6.45) is 0.837. The van der Waals surface area contributed by atoms with Gasteiger partial charge in [0.05, 0.1) is 17.7 Å². The van der Waals surface area contributed by atoms with Gasteiger partial charge in [-0.1, -0.05) is 0 Å². The molecule has 1 heterocycles. The van der Waals surface area contributed by atoms with Crippen molar-refractivity contribution in [3.8, 4) is 0 Å². The summed E-state index contributed by atoms with van der Waals surface area (Å²) in [5, 5.41) is 16.6. The number of hydrogen-bond donors (Lipinski definition) is 3. The first-order valence-corrected chi connectivity index (χ1v) is 4.71. The van der Waals surface area contributed by atoms with Crippen LogP contribution in [0.1, 0.15) is 20.3 Å². The van der Waals surface area contributed by atoms with Crippen LogP contribution in [0.4, 0.5) is 0 Å². The number of aliphatic hydroxyl groups is 1. The maximum absolute atomic E-state index is 10.1. The Balaban J connectivity index is 0.000000791. The van der Waals surface area contributed by atoms with Crippen molar-refractivity contribution < 1.29 is 15.1 Å². The van der Waals surface area contributed by atoms with E-state index in [1.807, 2.05) is 32.8 Å². The van der Waals surface area contributed by atoms with E-state index in [1.54, 1.807) is 0 Å². The molecule has 4 N–H and O–H groups in total. The number of rotatable bonds is 1. The van der Waals surface area contributed by atoms with E-state index in [0.717, 1.165) is 6.42 Å². The van der Waals surface area contributed by atoms with Gasteiger partial charge in [0, 0.05) is 13.0 Å². The minimum atomic E-state index is -0.610. The van der Waals surface area contributed by atoms with Crippen molar-refractivity contribution in [3.63, 3.8) is 0 Å². The average molecular weight is 206 g/mol. The van der Waals surface area contributed by atoms with E-state index in [0.29, 0.717) is 6.61 Å². The molecule has 1 saturated heterocycles. The SMILES string of the molecule is CC1OCC[C@](C)(O)C1N(C)C.NO. The van der Waals surface area contributed by atoms with Crippen molar-refractivity contribution in [2.45, 2.75) is 38.0 Å². The third kappa shape index (κ3) is 3.18. The molecule has 2 unspecified atom stereocenters. The molecule has 5 nitrogen and oxygen atoms in total. The van der Waals surface area contributed by atoms with E-state index >= 15 is 0 Å². The highest BCUT2D eigenvalue weighted by Gasteiger charge is 2.40. The molecule has 0 aromatic rings. The summed E-state index contributed by atoms with van der Waals surface area (Å²) in [6.45, 7) is 4.56. The Morgan fingerprint density at radius 3 is 2.21 bits per heavy atom. The first-order valence-electron chi connectivity index (χ1n) is 4.71. The van der Waals surface area contributed by atoms with Crippen LogP contribution < -0.4 is 5.90 Å². The minimum Gasteiger partial charge on any atom is -0.388 e. The third-order valence-electron chi connectivity index (χ3n) is 2.63. The molecule has 0 amide bonds. The van der Waals surface area contributed by atoms with Gasteiger partial charge in [-0.05, 0) is 27.9 Å². The maximum Gasteiger partial charge on any atom is 0.0821 e. The third-order valence-corrected chi connectivity index (χ3v) is 2.63. The Labute approximate surface area is 85.4 Å². The minimum absolute atomic E-state index is 0.103. The second kappa shape index (κ2) is 5.63. The molecule has 1 fully saturated rings. The van der Waals surface area contributed by atoms with E-state index in [-0.39, 0.29) is 12.1 Å². The van der Waals surface area contributed by atoms with Crippen LogP contribution in [0.2, 0.25) is 0 Å². The predicted octanol–water partition coefficient (Wildman–Crippen LogP) is -0.189. The van der Waals surface area contributed by atoms with Crippen LogP contribution in [0.3, 0.4) is 0 Å². The van der Waals surface area contributed by atoms with Crippen LogP contribution in [0.15, 0.2) is 0 Å². The highest BCUT2D eigenvalue weighted by molar-refractivity contribution is 4.94. The lowest BCUT2D eigenvalue weighted by atomic mass is 9.86. The Kier molecular flexibility index (Phi) is 5.54. The van der Waals surface area contributed by atoms with Gasteiger partial charge in [-0.15, -0.1) is 0 Å². The fraction of sp³-hybridized carbons (Fsp3) is 1.00. The van der Waals surface area contributed by atoms with Gasteiger partial charge in [-0.25, -0.2) is 5.90 Å². The van der Waals surface area contributed by atoms with E-state index in [9.17, 15) is 5.11 Å². The van der Waals surface area contributed by atoms with Crippen LogP contribution in [0, 0.1) is 0 Å². The Morgan fingerprint density at radius 2 is 1.93 bits per heavy atom. The highest BCUT2D eigenvalue weighted by atomic mass is 16.5. The summed E-state index contributed by atoms with van der Waals surface area (Å²) in [5.41, 5.74) is -0.610. The summed E-state index contributed by atoms with van der Waals surface area (Å²) < 4.78 is 5.49. The largest absolute Gasteiger partial charge is 0.388 e. The average Bonchev–Trinajstić information content (AvgIpc) is 2.05. The molecule has 3 atom stereocenters. The number of likely N-dealkylation sites (N-methyl/N-ethyl adjacent to an activating group) is 1. The first-order chi connectivity index (χ1) is 6.45.